The van der Waals surface area contributed by atoms with Crippen molar-refractivity contribution in [3.05, 3.63) is 18.0 Å². The van der Waals surface area contributed by atoms with Gasteiger partial charge in [0, 0.05) is 19.8 Å². The van der Waals surface area contributed by atoms with E-state index in [9.17, 15) is 0 Å². The summed E-state index contributed by atoms with van der Waals surface area (Å²) in [6.07, 6.45) is 10.6. The second kappa shape index (κ2) is 6.04. The number of hydrogen-bond donors (Lipinski definition) is 1. The van der Waals surface area contributed by atoms with Gasteiger partial charge in [-0.2, -0.15) is 5.10 Å². The Morgan fingerprint density at radius 1 is 1.38 bits per heavy atom. The molecule has 16 heavy (non-hydrogen) atoms. The van der Waals surface area contributed by atoms with Gasteiger partial charge in [-0.15, -0.1) is 0 Å². The lowest BCUT2D eigenvalue weighted by atomic mass is 9.87. The summed E-state index contributed by atoms with van der Waals surface area (Å²) >= 11 is 0. The van der Waals surface area contributed by atoms with Crippen molar-refractivity contribution in [3.63, 3.8) is 0 Å². The predicted molar refractivity (Wildman–Crippen MR) is 66.1 cm³/mol. The molecule has 3 heteroatoms. The molecule has 1 heterocycles. The first kappa shape index (κ1) is 11.6. The van der Waals surface area contributed by atoms with Crippen LogP contribution in [0.4, 0.5) is 0 Å². The van der Waals surface area contributed by atoms with E-state index in [1.165, 1.54) is 38.5 Å². The van der Waals surface area contributed by atoms with E-state index in [1.807, 2.05) is 17.9 Å². The van der Waals surface area contributed by atoms with Crippen LogP contribution in [-0.2, 0) is 13.6 Å². The molecule has 0 bridgehead atoms. The smallest absolute Gasteiger partial charge is 0.0762 e. The first-order valence-electron chi connectivity index (χ1n) is 6.54. The summed E-state index contributed by atoms with van der Waals surface area (Å²) < 4.78 is 1.86. The maximum atomic E-state index is 4.35. The molecule has 0 unspecified atom stereocenters. The lowest BCUT2D eigenvalue weighted by Crippen LogP contribution is -2.19. The van der Waals surface area contributed by atoms with Crippen LogP contribution in [0, 0.1) is 5.92 Å². The van der Waals surface area contributed by atoms with Crippen LogP contribution >= 0.6 is 0 Å². The lowest BCUT2D eigenvalue weighted by Gasteiger charge is -2.21. The topological polar surface area (TPSA) is 29.9 Å². The van der Waals surface area contributed by atoms with E-state index < -0.39 is 0 Å². The van der Waals surface area contributed by atoms with Crippen molar-refractivity contribution in [1.82, 2.24) is 15.1 Å². The fourth-order valence-electron chi connectivity index (χ4n) is 2.56. The highest BCUT2D eigenvalue weighted by molar-refractivity contribution is 4.97. The number of nitrogens with zero attached hydrogens (tertiary/aromatic N) is 2. The molecule has 1 fully saturated rings. The van der Waals surface area contributed by atoms with Gasteiger partial charge in [-0.25, -0.2) is 0 Å². The third kappa shape index (κ3) is 3.63. The Morgan fingerprint density at radius 3 is 2.88 bits per heavy atom. The van der Waals surface area contributed by atoms with E-state index in [2.05, 4.69) is 16.5 Å². The molecule has 0 aromatic carbocycles. The van der Waals surface area contributed by atoms with Crippen LogP contribution in [0.3, 0.4) is 0 Å². The highest BCUT2D eigenvalue weighted by atomic mass is 15.3. The number of nitrogens with one attached hydrogen (secondary N) is 1. The van der Waals surface area contributed by atoms with Gasteiger partial charge in [-0.05, 0) is 24.9 Å². The van der Waals surface area contributed by atoms with E-state index in [1.54, 1.807) is 0 Å². The van der Waals surface area contributed by atoms with Crippen LogP contribution in [0.15, 0.2) is 12.3 Å². The van der Waals surface area contributed by atoms with Crippen molar-refractivity contribution < 1.29 is 0 Å². The summed E-state index contributed by atoms with van der Waals surface area (Å²) in [5.41, 5.74) is 1.14. The molecule has 2 rings (SSSR count). The van der Waals surface area contributed by atoms with Crippen LogP contribution in [0.2, 0.25) is 0 Å². The molecule has 90 valence electrons. The first-order valence-corrected chi connectivity index (χ1v) is 6.54. The molecule has 1 saturated carbocycles. The monoisotopic (exact) mass is 221 g/mol. The van der Waals surface area contributed by atoms with Crippen LogP contribution in [-0.4, -0.2) is 16.3 Å². The molecule has 1 aliphatic rings. The van der Waals surface area contributed by atoms with Crippen LogP contribution < -0.4 is 5.32 Å². The van der Waals surface area contributed by atoms with Gasteiger partial charge < -0.3 is 5.32 Å². The Morgan fingerprint density at radius 2 is 2.19 bits per heavy atom. The molecule has 0 spiro atoms. The van der Waals surface area contributed by atoms with Crippen molar-refractivity contribution in [1.29, 1.82) is 0 Å². The minimum atomic E-state index is 0.910. The minimum Gasteiger partial charge on any atom is -0.311 e. The molecule has 1 aromatic heterocycles. The third-order valence-corrected chi connectivity index (χ3v) is 3.53. The van der Waals surface area contributed by atoms with Crippen LogP contribution in [0.1, 0.15) is 44.2 Å². The molecule has 0 amide bonds. The number of hydrogen-bond acceptors (Lipinski definition) is 2. The van der Waals surface area contributed by atoms with Gasteiger partial charge >= 0.3 is 0 Å². The van der Waals surface area contributed by atoms with E-state index in [0.717, 1.165) is 24.7 Å². The van der Waals surface area contributed by atoms with Crippen LogP contribution in [0.5, 0.6) is 0 Å². The van der Waals surface area contributed by atoms with Gasteiger partial charge in [0.1, 0.15) is 0 Å². The van der Waals surface area contributed by atoms with Gasteiger partial charge in [-0.1, -0.05) is 32.1 Å². The zero-order valence-corrected chi connectivity index (χ0v) is 10.3. The molecule has 0 aliphatic heterocycles. The highest BCUT2D eigenvalue weighted by Crippen LogP contribution is 2.25. The zero-order valence-electron chi connectivity index (χ0n) is 10.3. The molecule has 0 saturated heterocycles. The van der Waals surface area contributed by atoms with E-state index in [4.69, 9.17) is 0 Å². The summed E-state index contributed by atoms with van der Waals surface area (Å²) in [5.74, 6) is 0.977. The summed E-state index contributed by atoms with van der Waals surface area (Å²) in [6.45, 7) is 2.05. The molecule has 1 aliphatic carbocycles. The largest absolute Gasteiger partial charge is 0.311 e. The minimum absolute atomic E-state index is 0.910. The van der Waals surface area contributed by atoms with Crippen molar-refractivity contribution in [2.75, 3.05) is 6.54 Å². The van der Waals surface area contributed by atoms with E-state index >= 15 is 0 Å². The quantitative estimate of drug-likeness (QED) is 0.774. The zero-order chi connectivity index (χ0) is 11.2. The second-order valence-electron chi connectivity index (χ2n) is 4.95. The van der Waals surface area contributed by atoms with Gasteiger partial charge in [0.15, 0.2) is 0 Å². The maximum Gasteiger partial charge on any atom is 0.0762 e. The first-order chi connectivity index (χ1) is 7.84. The van der Waals surface area contributed by atoms with Crippen molar-refractivity contribution in [3.8, 4) is 0 Å². The standard InChI is InChI=1S/C13H23N3/c1-16-10-8-13(15-16)11-14-9-7-12-5-3-2-4-6-12/h8,10,12,14H,2-7,9,11H2,1H3. The average molecular weight is 221 g/mol. The number of aromatic nitrogens is 2. The molecule has 1 N–H and O–H groups in total. The number of aryl methyl sites for hydroxylation is 1. The predicted octanol–water partition coefficient (Wildman–Crippen LogP) is 2.48. The second-order valence-corrected chi connectivity index (χ2v) is 4.95. The lowest BCUT2D eigenvalue weighted by molar-refractivity contribution is 0.333. The highest BCUT2D eigenvalue weighted by Gasteiger charge is 2.12. The Labute approximate surface area is 98.2 Å². The Kier molecular flexibility index (Phi) is 4.40. The Hall–Kier alpha value is -0.830. The van der Waals surface area contributed by atoms with E-state index in [-0.39, 0.29) is 0 Å². The summed E-state index contributed by atoms with van der Waals surface area (Å²) in [4.78, 5) is 0. The maximum absolute atomic E-state index is 4.35. The van der Waals surface area contributed by atoms with Gasteiger partial charge in [0.25, 0.3) is 0 Å². The number of rotatable bonds is 5. The van der Waals surface area contributed by atoms with Crippen molar-refractivity contribution in [2.45, 2.75) is 45.1 Å². The molecule has 1 aromatic rings. The van der Waals surface area contributed by atoms with Crippen LogP contribution in [0.25, 0.3) is 0 Å². The molecule has 3 nitrogen and oxygen atoms in total. The summed E-state index contributed by atoms with van der Waals surface area (Å²) in [6, 6.07) is 2.08. The van der Waals surface area contributed by atoms with E-state index in [0.29, 0.717) is 0 Å². The molecular formula is C13H23N3. The fourth-order valence-corrected chi connectivity index (χ4v) is 2.56. The Bertz CT molecular complexity index is 300. The van der Waals surface area contributed by atoms with Crippen molar-refractivity contribution in [2.24, 2.45) is 13.0 Å². The molecule has 0 atom stereocenters. The third-order valence-electron chi connectivity index (χ3n) is 3.53. The van der Waals surface area contributed by atoms with Gasteiger partial charge in [0.05, 0.1) is 5.69 Å². The van der Waals surface area contributed by atoms with Gasteiger partial charge in [0.2, 0.25) is 0 Å². The normalized spacial score (nSPS) is 17.8. The Balaban J connectivity index is 1.57. The SMILES string of the molecule is Cn1ccc(CNCCC2CCCCC2)n1. The van der Waals surface area contributed by atoms with Crippen molar-refractivity contribution >= 4 is 0 Å². The average Bonchev–Trinajstić information content (AvgIpc) is 2.72. The molecule has 0 radical (unpaired) electrons. The fraction of sp³-hybridized carbons (Fsp3) is 0.769. The van der Waals surface area contributed by atoms with Gasteiger partial charge in [-0.3, -0.25) is 4.68 Å². The molecular weight excluding hydrogens is 198 g/mol. The summed E-state index contributed by atoms with van der Waals surface area (Å²) in [5, 5.41) is 7.84. The summed E-state index contributed by atoms with van der Waals surface area (Å²) in [7, 11) is 1.96.